The SMILES string of the molecule is COc1cc2c(Oc3ccc4[nH]c(C)cc4c3F)cnnc2cc1OCC1CCN(C)CC1.COc1cc2c(Oc3ccc4[nH]c(C)cc4c3F)cnnc2cc1OCC1CCNCC1. The maximum atomic E-state index is 15.1. The van der Waals surface area contributed by atoms with Crippen LogP contribution in [0.3, 0.4) is 0 Å². The number of aromatic nitrogens is 6. The smallest absolute Gasteiger partial charge is 0.175 e. The van der Waals surface area contributed by atoms with Gasteiger partial charge in [-0.05, 0) is 133 Å². The fraction of sp³-hybridized carbons (Fsp3) is 0.347. The second kappa shape index (κ2) is 19.1. The summed E-state index contributed by atoms with van der Waals surface area (Å²) >= 11 is 0. The number of piperidine rings is 2. The number of hydrogen-bond acceptors (Lipinski definition) is 12. The summed E-state index contributed by atoms with van der Waals surface area (Å²) in [4.78, 5) is 8.59. The molecule has 2 aliphatic rings. The van der Waals surface area contributed by atoms with Crippen molar-refractivity contribution in [1.82, 2.24) is 40.6 Å². The van der Waals surface area contributed by atoms with Crippen LogP contribution >= 0.6 is 0 Å². The van der Waals surface area contributed by atoms with Gasteiger partial charge in [-0.3, -0.25) is 0 Å². The average Bonchev–Trinajstić information content (AvgIpc) is 3.91. The van der Waals surface area contributed by atoms with E-state index in [1.54, 1.807) is 74.9 Å². The van der Waals surface area contributed by atoms with Gasteiger partial charge in [0.1, 0.15) is 11.0 Å². The van der Waals surface area contributed by atoms with Gasteiger partial charge in [0.15, 0.2) is 57.6 Å². The van der Waals surface area contributed by atoms with E-state index < -0.39 is 11.6 Å². The molecular formula is C49H52F2N8O6. The number of hydrogen-bond donors (Lipinski definition) is 3. The van der Waals surface area contributed by atoms with Crippen molar-refractivity contribution in [2.75, 3.05) is 60.7 Å². The molecule has 16 heteroatoms. The van der Waals surface area contributed by atoms with Gasteiger partial charge in [0.25, 0.3) is 0 Å². The fourth-order valence-electron chi connectivity index (χ4n) is 8.46. The molecule has 0 bridgehead atoms. The van der Waals surface area contributed by atoms with Crippen LogP contribution in [0.2, 0.25) is 0 Å². The number of benzene rings is 4. The van der Waals surface area contributed by atoms with Crippen LogP contribution in [0.4, 0.5) is 8.78 Å². The van der Waals surface area contributed by atoms with Gasteiger partial charge in [-0.15, -0.1) is 0 Å². The predicted molar refractivity (Wildman–Crippen MR) is 245 cm³/mol. The molecule has 2 saturated heterocycles. The van der Waals surface area contributed by atoms with Crippen molar-refractivity contribution in [3.05, 3.63) is 96.1 Å². The van der Waals surface area contributed by atoms with Crippen LogP contribution < -0.4 is 33.7 Å². The lowest BCUT2D eigenvalue weighted by Crippen LogP contribution is -2.32. The normalized spacial score (nSPS) is 15.0. The van der Waals surface area contributed by atoms with E-state index in [4.69, 9.17) is 28.4 Å². The van der Waals surface area contributed by atoms with Gasteiger partial charge >= 0.3 is 0 Å². The summed E-state index contributed by atoms with van der Waals surface area (Å²) in [6.07, 6.45) is 7.35. The van der Waals surface area contributed by atoms with E-state index in [0.29, 0.717) is 92.1 Å². The summed E-state index contributed by atoms with van der Waals surface area (Å²) in [5, 5.41) is 22.2. The molecule has 10 rings (SSSR count). The first-order valence-electron chi connectivity index (χ1n) is 21.9. The van der Waals surface area contributed by atoms with Crippen LogP contribution in [0.25, 0.3) is 43.6 Å². The molecule has 0 saturated carbocycles. The Hall–Kier alpha value is -6.78. The monoisotopic (exact) mass is 886 g/mol. The Morgan fingerprint density at radius 1 is 0.569 bits per heavy atom. The highest BCUT2D eigenvalue weighted by Crippen LogP contribution is 2.40. The van der Waals surface area contributed by atoms with Crippen molar-refractivity contribution >= 4 is 43.6 Å². The molecule has 0 amide bonds. The molecule has 3 N–H and O–H groups in total. The zero-order valence-corrected chi connectivity index (χ0v) is 37.1. The Morgan fingerprint density at radius 2 is 1.03 bits per heavy atom. The van der Waals surface area contributed by atoms with E-state index in [9.17, 15) is 0 Å². The largest absolute Gasteiger partial charge is 0.493 e. The number of aryl methyl sites for hydroxylation is 2. The molecule has 338 valence electrons. The summed E-state index contributed by atoms with van der Waals surface area (Å²) in [6.45, 7) is 9.21. The van der Waals surface area contributed by atoms with E-state index in [-0.39, 0.29) is 11.5 Å². The minimum atomic E-state index is -0.425. The number of aromatic amines is 2. The van der Waals surface area contributed by atoms with Crippen LogP contribution in [0, 0.1) is 37.3 Å². The third-order valence-electron chi connectivity index (χ3n) is 12.1. The minimum Gasteiger partial charge on any atom is -0.493 e. The van der Waals surface area contributed by atoms with Crippen LogP contribution in [-0.4, -0.2) is 95.9 Å². The van der Waals surface area contributed by atoms with Crippen molar-refractivity contribution in [1.29, 1.82) is 0 Å². The lowest BCUT2D eigenvalue weighted by molar-refractivity contribution is 0.157. The molecule has 65 heavy (non-hydrogen) atoms. The van der Waals surface area contributed by atoms with E-state index in [2.05, 4.69) is 47.6 Å². The van der Waals surface area contributed by atoms with Crippen LogP contribution in [0.5, 0.6) is 46.0 Å². The molecule has 2 aliphatic heterocycles. The molecule has 0 unspecified atom stereocenters. The lowest BCUT2D eigenvalue weighted by atomic mass is 9.98. The number of fused-ring (bicyclic) bond motifs is 4. The fourth-order valence-corrected chi connectivity index (χ4v) is 8.46. The number of halogens is 2. The van der Waals surface area contributed by atoms with Crippen molar-refractivity contribution in [2.24, 2.45) is 11.8 Å². The summed E-state index contributed by atoms with van der Waals surface area (Å²) in [7, 11) is 5.33. The molecule has 0 atom stereocenters. The van der Waals surface area contributed by atoms with Crippen molar-refractivity contribution < 1.29 is 37.2 Å². The number of methoxy groups -OCH3 is 2. The highest BCUT2D eigenvalue weighted by Gasteiger charge is 2.22. The molecule has 0 spiro atoms. The van der Waals surface area contributed by atoms with Crippen LogP contribution in [-0.2, 0) is 0 Å². The quantitative estimate of drug-likeness (QED) is 0.107. The van der Waals surface area contributed by atoms with E-state index >= 15 is 8.78 Å². The van der Waals surface area contributed by atoms with Gasteiger partial charge in [-0.2, -0.15) is 20.4 Å². The first-order chi connectivity index (χ1) is 31.6. The maximum absolute atomic E-state index is 15.1. The first-order valence-corrected chi connectivity index (χ1v) is 21.9. The third-order valence-corrected chi connectivity index (χ3v) is 12.1. The first kappa shape index (κ1) is 43.5. The van der Waals surface area contributed by atoms with Gasteiger partial charge < -0.3 is 48.6 Å². The molecule has 0 radical (unpaired) electrons. The molecule has 14 nitrogen and oxygen atoms in total. The zero-order chi connectivity index (χ0) is 45.0. The molecular weight excluding hydrogens is 835 g/mol. The minimum absolute atomic E-state index is 0.121. The van der Waals surface area contributed by atoms with Crippen molar-refractivity contribution in [3.8, 4) is 46.0 Å². The lowest BCUT2D eigenvalue weighted by Gasteiger charge is -2.28. The number of rotatable bonds is 12. The molecule has 2 fully saturated rings. The summed E-state index contributed by atoms with van der Waals surface area (Å²) in [5.74, 6) is 3.57. The third kappa shape index (κ3) is 9.54. The standard InChI is InChI=1S/C25H27FN4O3.C24H25FN4O3/c1-15-10-18-19(28-15)4-5-21(25(18)26)33-24-13-27-29-20-12-23(22(31-3)11-17(20)24)32-14-16-6-8-30(2)9-7-16;1-14-9-17-18(28-14)3-4-20(24(17)25)32-23-12-27-29-19-11-22(21(30-2)10-16(19)23)31-13-15-5-7-26-8-6-15/h4-5,10-13,16,28H,6-9,14H2,1-3H3;3-4,9-12,15,26,28H,5-8,13H2,1-2H3. The molecule has 6 heterocycles. The Bertz CT molecular complexity index is 2960. The second-order valence-corrected chi connectivity index (χ2v) is 16.8. The summed E-state index contributed by atoms with van der Waals surface area (Å²) < 4.78 is 65.3. The zero-order valence-electron chi connectivity index (χ0n) is 37.1. The molecule has 4 aromatic heterocycles. The summed E-state index contributed by atoms with van der Waals surface area (Å²) in [5.41, 5.74) is 4.39. The second-order valence-electron chi connectivity index (χ2n) is 16.8. The number of ether oxygens (including phenoxy) is 6. The Morgan fingerprint density at radius 3 is 1.49 bits per heavy atom. The number of likely N-dealkylation sites (tertiary alicyclic amines) is 1. The van der Waals surface area contributed by atoms with Crippen LogP contribution in [0.1, 0.15) is 37.1 Å². The van der Waals surface area contributed by atoms with Crippen molar-refractivity contribution in [3.63, 3.8) is 0 Å². The van der Waals surface area contributed by atoms with Crippen molar-refractivity contribution in [2.45, 2.75) is 39.5 Å². The highest BCUT2D eigenvalue weighted by atomic mass is 19.1. The Balaban J connectivity index is 0.000000164. The molecule has 8 aromatic rings. The predicted octanol–water partition coefficient (Wildman–Crippen LogP) is 9.82. The Labute approximate surface area is 374 Å². The molecule has 0 aliphatic carbocycles. The van der Waals surface area contributed by atoms with Gasteiger partial charge in [-0.1, -0.05) is 0 Å². The number of H-pyrrole nitrogens is 2. The summed E-state index contributed by atoms with van der Waals surface area (Å²) in [6, 6.07) is 17.5. The van der Waals surface area contributed by atoms with Gasteiger partial charge in [0.2, 0.25) is 0 Å². The average molecular weight is 887 g/mol. The van der Waals surface area contributed by atoms with Crippen LogP contribution in [0.15, 0.2) is 73.1 Å². The number of nitrogens with zero attached hydrogens (tertiary/aromatic N) is 5. The number of nitrogens with one attached hydrogen (secondary N) is 3. The van der Waals surface area contributed by atoms with Gasteiger partial charge in [-0.25, -0.2) is 8.78 Å². The van der Waals surface area contributed by atoms with E-state index in [1.165, 1.54) is 12.4 Å². The van der Waals surface area contributed by atoms with Gasteiger partial charge in [0, 0.05) is 45.3 Å². The van der Waals surface area contributed by atoms with E-state index in [1.807, 2.05) is 13.8 Å². The highest BCUT2D eigenvalue weighted by molar-refractivity contribution is 5.90. The molecule has 4 aromatic carbocycles. The topological polar surface area (TPSA) is 154 Å². The Kier molecular flexibility index (Phi) is 12.8. The maximum Gasteiger partial charge on any atom is 0.175 e. The van der Waals surface area contributed by atoms with Gasteiger partial charge in [0.05, 0.1) is 50.6 Å². The van der Waals surface area contributed by atoms with E-state index in [0.717, 1.165) is 74.3 Å².